The molecule has 0 bridgehead atoms. The molecule has 1 aliphatic carbocycles. The second-order valence-corrected chi connectivity index (χ2v) is 7.16. The molecule has 0 atom stereocenters. The summed E-state index contributed by atoms with van der Waals surface area (Å²) in [7, 11) is 0. The van der Waals surface area contributed by atoms with E-state index in [1.165, 1.54) is 50.9 Å². The largest absolute Gasteiger partial charge is 0.369 e. The molecule has 0 radical (unpaired) electrons. The van der Waals surface area contributed by atoms with E-state index in [0.29, 0.717) is 6.42 Å². The molecule has 1 amide bonds. The fourth-order valence-corrected chi connectivity index (χ4v) is 4.00. The highest BCUT2D eigenvalue weighted by Crippen LogP contribution is 2.25. The Labute approximate surface area is 146 Å². The maximum Gasteiger partial charge on any atom is 0.224 e. The van der Waals surface area contributed by atoms with E-state index in [1.54, 1.807) is 0 Å². The van der Waals surface area contributed by atoms with Crippen molar-refractivity contribution in [3.05, 3.63) is 24.3 Å². The van der Waals surface area contributed by atoms with Crippen molar-refractivity contribution in [2.45, 2.75) is 57.9 Å². The topological polar surface area (TPSA) is 35.6 Å². The number of hydrogen-bond acceptors (Lipinski definition) is 3. The average molecular weight is 329 g/mol. The predicted molar refractivity (Wildman–Crippen MR) is 101 cm³/mol. The molecule has 4 heteroatoms. The first-order valence-electron chi connectivity index (χ1n) is 9.65. The zero-order chi connectivity index (χ0) is 16.8. The summed E-state index contributed by atoms with van der Waals surface area (Å²) in [5.41, 5.74) is 2.17. The summed E-state index contributed by atoms with van der Waals surface area (Å²) >= 11 is 0. The maximum absolute atomic E-state index is 11.7. The van der Waals surface area contributed by atoms with Crippen LogP contribution >= 0.6 is 0 Å². The van der Waals surface area contributed by atoms with Gasteiger partial charge in [-0.2, -0.15) is 0 Å². The zero-order valence-electron chi connectivity index (χ0n) is 15.0. The SMILES string of the molecule is CCCC(=O)Nc1ccc(N2CCN(C3CCCCC3)CC2)cc1. The summed E-state index contributed by atoms with van der Waals surface area (Å²) in [4.78, 5) is 16.8. The van der Waals surface area contributed by atoms with Crippen LogP contribution in [0.25, 0.3) is 0 Å². The van der Waals surface area contributed by atoms with Gasteiger partial charge in [0.15, 0.2) is 0 Å². The number of benzene rings is 1. The lowest BCUT2D eigenvalue weighted by atomic mass is 9.94. The molecule has 1 aliphatic heterocycles. The molecule has 2 fully saturated rings. The van der Waals surface area contributed by atoms with Gasteiger partial charge in [0.1, 0.15) is 0 Å². The molecular weight excluding hydrogens is 298 g/mol. The molecule has 1 saturated carbocycles. The van der Waals surface area contributed by atoms with Gasteiger partial charge in [0.2, 0.25) is 5.91 Å². The molecule has 1 saturated heterocycles. The summed E-state index contributed by atoms with van der Waals surface area (Å²) in [5, 5.41) is 2.96. The third-order valence-electron chi connectivity index (χ3n) is 5.40. The number of nitrogens with zero attached hydrogens (tertiary/aromatic N) is 2. The first-order chi connectivity index (χ1) is 11.8. The number of carbonyl (C=O) groups is 1. The second-order valence-electron chi connectivity index (χ2n) is 7.16. The normalized spacial score (nSPS) is 20.1. The molecule has 1 aromatic rings. The molecule has 4 nitrogen and oxygen atoms in total. The van der Waals surface area contributed by atoms with Crippen LogP contribution < -0.4 is 10.2 Å². The van der Waals surface area contributed by atoms with Crippen molar-refractivity contribution in [2.24, 2.45) is 0 Å². The molecule has 0 unspecified atom stereocenters. The smallest absolute Gasteiger partial charge is 0.224 e. The Hall–Kier alpha value is -1.55. The molecule has 3 rings (SSSR count). The van der Waals surface area contributed by atoms with Crippen molar-refractivity contribution in [2.75, 3.05) is 36.4 Å². The molecule has 2 aliphatic rings. The average Bonchev–Trinajstić information content (AvgIpc) is 2.63. The molecule has 132 valence electrons. The van der Waals surface area contributed by atoms with Crippen molar-refractivity contribution in [1.29, 1.82) is 0 Å². The quantitative estimate of drug-likeness (QED) is 0.890. The first kappa shape index (κ1) is 17.3. The van der Waals surface area contributed by atoms with E-state index in [2.05, 4.69) is 27.2 Å². The van der Waals surface area contributed by atoms with Crippen LogP contribution in [0.3, 0.4) is 0 Å². The van der Waals surface area contributed by atoms with Gasteiger partial charge >= 0.3 is 0 Å². The molecule has 1 heterocycles. The van der Waals surface area contributed by atoms with Crippen LogP contribution in [0.15, 0.2) is 24.3 Å². The fraction of sp³-hybridized carbons (Fsp3) is 0.650. The van der Waals surface area contributed by atoms with Gasteiger partial charge in [0, 0.05) is 50.0 Å². The first-order valence-corrected chi connectivity index (χ1v) is 9.65. The van der Waals surface area contributed by atoms with E-state index in [0.717, 1.165) is 31.2 Å². The van der Waals surface area contributed by atoms with Gasteiger partial charge in [-0.3, -0.25) is 9.69 Å². The third-order valence-corrected chi connectivity index (χ3v) is 5.40. The van der Waals surface area contributed by atoms with Gasteiger partial charge in [-0.05, 0) is 43.5 Å². The second kappa shape index (κ2) is 8.52. The Bertz CT molecular complexity index is 514. The van der Waals surface area contributed by atoms with E-state index in [1.807, 2.05) is 19.1 Å². The number of rotatable bonds is 5. The van der Waals surface area contributed by atoms with Crippen LogP contribution in [0.4, 0.5) is 11.4 Å². The molecule has 0 aromatic heterocycles. The van der Waals surface area contributed by atoms with Crippen LogP contribution in [0.2, 0.25) is 0 Å². The molecule has 1 aromatic carbocycles. The van der Waals surface area contributed by atoms with E-state index in [4.69, 9.17) is 0 Å². The Morgan fingerprint density at radius 2 is 1.71 bits per heavy atom. The predicted octanol–water partition coefficient (Wildman–Crippen LogP) is 3.88. The van der Waals surface area contributed by atoms with Crippen LogP contribution in [-0.4, -0.2) is 43.0 Å². The fourth-order valence-electron chi connectivity index (χ4n) is 4.00. The number of anilines is 2. The monoisotopic (exact) mass is 329 g/mol. The van der Waals surface area contributed by atoms with Gasteiger partial charge in [-0.25, -0.2) is 0 Å². The van der Waals surface area contributed by atoms with Gasteiger partial charge in [-0.1, -0.05) is 26.2 Å². The number of amides is 1. The van der Waals surface area contributed by atoms with Crippen LogP contribution in [0.1, 0.15) is 51.9 Å². The standard InChI is InChI=1S/C20H31N3O/c1-2-6-20(24)21-17-9-11-19(12-10-17)23-15-13-22(14-16-23)18-7-4-3-5-8-18/h9-12,18H,2-8,13-16H2,1H3,(H,21,24). The van der Waals surface area contributed by atoms with E-state index >= 15 is 0 Å². The number of carbonyl (C=O) groups excluding carboxylic acids is 1. The van der Waals surface area contributed by atoms with Gasteiger partial charge in [0.05, 0.1) is 0 Å². The third kappa shape index (κ3) is 4.50. The minimum atomic E-state index is 0.103. The number of nitrogens with one attached hydrogen (secondary N) is 1. The lowest BCUT2D eigenvalue weighted by Crippen LogP contribution is -2.50. The summed E-state index contributed by atoms with van der Waals surface area (Å²) in [6.07, 6.45) is 8.52. The van der Waals surface area contributed by atoms with Crippen LogP contribution in [-0.2, 0) is 4.79 Å². The highest BCUT2D eigenvalue weighted by Gasteiger charge is 2.25. The van der Waals surface area contributed by atoms with Gasteiger partial charge in [-0.15, -0.1) is 0 Å². The zero-order valence-corrected chi connectivity index (χ0v) is 15.0. The highest BCUT2D eigenvalue weighted by atomic mass is 16.1. The number of piperazine rings is 1. The van der Waals surface area contributed by atoms with Crippen molar-refractivity contribution < 1.29 is 4.79 Å². The summed E-state index contributed by atoms with van der Waals surface area (Å²) < 4.78 is 0. The summed E-state index contributed by atoms with van der Waals surface area (Å²) in [6.45, 7) is 6.60. The van der Waals surface area contributed by atoms with Crippen LogP contribution in [0.5, 0.6) is 0 Å². The lowest BCUT2D eigenvalue weighted by molar-refractivity contribution is -0.116. The lowest BCUT2D eigenvalue weighted by Gasteiger charge is -2.41. The van der Waals surface area contributed by atoms with E-state index < -0.39 is 0 Å². The molecule has 1 N–H and O–H groups in total. The van der Waals surface area contributed by atoms with E-state index in [9.17, 15) is 4.79 Å². The van der Waals surface area contributed by atoms with E-state index in [-0.39, 0.29) is 5.91 Å². The van der Waals surface area contributed by atoms with Crippen molar-refractivity contribution in [3.63, 3.8) is 0 Å². The Morgan fingerprint density at radius 1 is 1.04 bits per heavy atom. The Morgan fingerprint density at radius 3 is 2.33 bits per heavy atom. The summed E-state index contributed by atoms with van der Waals surface area (Å²) in [6, 6.07) is 9.15. The van der Waals surface area contributed by atoms with Gasteiger partial charge in [0.25, 0.3) is 0 Å². The molecular formula is C20H31N3O. The van der Waals surface area contributed by atoms with Crippen molar-refractivity contribution >= 4 is 17.3 Å². The van der Waals surface area contributed by atoms with Crippen molar-refractivity contribution in [1.82, 2.24) is 4.90 Å². The maximum atomic E-state index is 11.7. The summed E-state index contributed by atoms with van der Waals surface area (Å²) in [5.74, 6) is 0.103. The number of hydrogen-bond donors (Lipinski definition) is 1. The minimum Gasteiger partial charge on any atom is -0.369 e. The van der Waals surface area contributed by atoms with Gasteiger partial charge < -0.3 is 10.2 Å². The Balaban J connectivity index is 1.50. The van der Waals surface area contributed by atoms with Crippen molar-refractivity contribution in [3.8, 4) is 0 Å². The Kier molecular flexibility index (Phi) is 6.13. The van der Waals surface area contributed by atoms with Crippen LogP contribution in [0, 0.1) is 0 Å². The minimum absolute atomic E-state index is 0.103. The molecule has 0 spiro atoms. The highest BCUT2D eigenvalue weighted by molar-refractivity contribution is 5.90. The molecule has 24 heavy (non-hydrogen) atoms.